The first kappa shape index (κ1) is 16.4. The van der Waals surface area contributed by atoms with E-state index in [2.05, 4.69) is 14.9 Å². The number of H-pyrrole nitrogens is 1. The van der Waals surface area contributed by atoms with E-state index in [0.717, 1.165) is 17.8 Å². The molecule has 1 N–H and O–H groups in total. The average molecular weight is 376 g/mol. The van der Waals surface area contributed by atoms with E-state index in [1.807, 2.05) is 6.07 Å². The zero-order chi connectivity index (χ0) is 17.4. The van der Waals surface area contributed by atoms with Crippen LogP contribution in [0.3, 0.4) is 0 Å². The maximum Gasteiger partial charge on any atom is 0.256 e. The molecule has 4 rings (SSSR count). The molecule has 2 aromatic heterocycles. The van der Waals surface area contributed by atoms with Gasteiger partial charge in [-0.05, 0) is 35.9 Å². The maximum absolute atomic E-state index is 12.5. The summed E-state index contributed by atoms with van der Waals surface area (Å²) >= 11 is 12.3. The van der Waals surface area contributed by atoms with Crippen molar-refractivity contribution in [3.05, 3.63) is 73.8 Å². The Morgan fingerprint density at radius 1 is 1.28 bits per heavy atom. The summed E-state index contributed by atoms with van der Waals surface area (Å²) in [6, 6.07) is 8.97. The van der Waals surface area contributed by atoms with Crippen LogP contribution >= 0.6 is 23.2 Å². The molecule has 0 saturated carbocycles. The van der Waals surface area contributed by atoms with Gasteiger partial charge in [-0.3, -0.25) is 9.69 Å². The molecule has 3 heterocycles. The van der Waals surface area contributed by atoms with Gasteiger partial charge < -0.3 is 9.40 Å². The van der Waals surface area contributed by atoms with Crippen LogP contribution in [0.15, 0.2) is 45.8 Å². The Morgan fingerprint density at radius 2 is 2.16 bits per heavy atom. The predicted molar refractivity (Wildman–Crippen MR) is 96.8 cm³/mol. The van der Waals surface area contributed by atoms with Crippen LogP contribution in [-0.4, -0.2) is 21.4 Å². The molecule has 7 heteroatoms. The Hall–Kier alpha value is -2.08. The van der Waals surface area contributed by atoms with Gasteiger partial charge in [0.1, 0.15) is 0 Å². The molecular weight excluding hydrogens is 361 g/mol. The number of aromatic nitrogens is 2. The molecule has 3 aromatic rings. The number of nitrogens with one attached hydrogen (secondary N) is 1. The summed E-state index contributed by atoms with van der Waals surface area (Å²) in [5.41, 5.74) is 2.34. The maximum atomic E-state index is 12.5. The molecule has 0 saturated heterocycles. The van der Waals surface area contributed by atoms with Crippen LogP contribution in [0.25, 0.3) is 11.6 Å². The molecule has 0 radical (unpaired) electrons. The molecule has 0 fully saturated rings. The summed E-state index contributed by atoms with van der Waals surface area (Å²) in [5.74, 6) is 1.04. The van der Waals surface area contributed by atoms with E-state index in [1.54, 1.807) is 30.5 Å². The minimum Gasteiger partial charge on any atom is -0.461 e. The summed E-state index contributed by atoms with van der Waals surface area (Å²) in [4.78, 5) is 22.0. The first-order chi connectivity index (χ1) is 12.1. The molecule has 0 aliphatic carbocycles. The van der Waals surface area contributed by atoms with E-state index in [9.17, 15) is 4.79 Å². The second-order valence-electron chi connectivity index (χ2n) is 6.01. The number of furan rings is 1. The van der Waals surface area contributed by atoms with E-state index >= 15 is 0 Å². The highest BCUT2D eigenvalue weighted by atomic mass is 35.5. The van der Waals surface area contributed by atoms with Crippen molar-refractivity contribution in [2.75, 3.05) is 6.54 Å². The van der Waals surface area contributed by atoms with Crippen molar-refractivity contribution in [1.29, 1.82) is 0 Å². The van der Waals surface area contributed by atoms with Gasteiger partial charge in [0.05, 0.1) is 17.5 Å². The lowest BCUT2D eigenvalue weighted by Gasteiger charge is -2.28. The van der Waals surface area contributed by atoms with Crippen LogP contribution in [0.4, 0.5) is 0 Å². The molecule has 1 aliphatic rings. The molecule has 128 valence electrons. The van der Waals surface area contributed by atoms with Gasteiger partial charge >= 0.3 is 0 Å². The van der Waals surface area contributed by atoms with Gasteiger partial charge in [-0.2, -0.15) is 0 Å². The lowest BCUT2D eigenvalue weighted by Crippen LogP contribution is -2.35. The van der Waals surface area contributed by atoms with Crippen LogP contribution in [0.1, 0.15) is 16.8 Å². The number of fused-ring (bicyclic) bond motifs is 1. The molecule has 5 nitrogen and oxygen atoms in total. The van der Waals surface area contributed by atoms with Gasteiger partial charge in [0.25, 0.3) is 5.56 Å². The molecule has 25 heavy (non-hydrogen) atoms. The van der Waals surface area contributed by atoms with Crippen molar-refractivity contribution in [2.45, 2.75) is 19.5 Å². The summed E-state index contributed by atoms with van der Waals surface area (Å²) in [6.07, 6.45) is 2.26. The van der Waals surface area contributed by atoms with Crippen LogP contribution in [0, 0.1) is 0 Å². The lowest BCUT2D eigenvalue weighted by atomic mass is 10.1. The minimum absolute atomic E-state index is 0.127. The molecule has 0 spiro atoms. The Labute approximate surface area is 154 Å². The number of rotatable bonds is 3. The molecular formula is C18H15Cl2N3O2. The van der Waals surface area contributed by atoms with E-state index < -0.39 is 0 Å². The van der Waals surface area contributed by atoms with E-state index in [1.165, 1.54) is 0 Å². The lowest BCUT2D eigenvalue weighted by molar-refractivity contribution is 0.242. The molecule has 0 bridgehead atoms. The first-order valence-corrected chi connectivity index (χ1v) is 8.68. The second-order valence-corrected chi connectivity index (χ2v) is 6.86. The zero-order valence-electron chi connectivity index (χ0n) is 13.3. The highest BCUT2D eigenvalue weighted by molar-refractivity contribution is 6.33. The van der Waals surface area contributed by atoms with Crippen LogP contribution in [0.5, 0.6) is 0 Å². The van der Waals surface area contributed by atoms with Crippen molar-refractivity contribution in [2.24, 2.45) is 0 Å². The number of halogens is 2. The normalized spacial score (nSPS) is 14.5. The number of aromatic amines is 1. The number of nitrogens with zero attached hydrogens (tertiary/aromatic N) is 2. The summed E-state index contributed by atoms with van der Waals surface area (Å²) in [5, 5.41) is 1.33. The fraction of sp³-hybridized carbons (Fsp3) is 0.222. The summed E-state index contributed by atoms with van der Waals surface area (Å²) in [7, 11) is 0. The third-order valence-corrected chi connectivity index (χ3v) is 4.91. The number of hydrogen-bond acceptors (Lipinski definition) is 4. The van der Waals surface area contributed by atoms with Gasteiger partial charge in [-0.25, -0.2) is 4.98 Å². The van der Waals surface area contributed by atoms with Gasteiger partial charge in [-0.15, -0.1) is 0 Å². The Kier molecular flexibility index (Phi) is 4.37. The molecule has 0 amide bonds. The fourth-order valence-electron chi connectivity index (χ4n) is 3.05. The van der Waals surface area contributed by atoms with E-state index in [-0.39, 0.29) is 5.56 Å². The van der Waals surface area contributed by atoms with Crippen molar-refractivity contribution < 1.29 is 4.42 Å². The van der Waals surface area contributed by atoms with Crippen molar-refractivity contribution in [3.63, 3.8) is 0 Å². The van der Waals surface area contributed by atoms with Gasteiger partial charge in [0.15, 0.2) is 11.6 Å². The van der Waals surface area contributed by atoms with Crippen LogP contribution < -0.4 is 5.56 Å². The van der Waals surface area contributed by atoms with Crippen molar-refractivity contribution in [3.8, 4) is 11.6 Å². The third-order valence-electron chi connectivity index (χ3n) is 4.30. The minimum atomic E-state index is -0.127. The van der Waals surface area contributed by atoms with Crippen LogP contribution in [0.2, 0.25) is 10.0 Å². The fourth-order valence-corrected chi connectivity index (χ4v) is 3.42. The quantitative estimate of drug-likeness (QED) is 0.753. The first-order valence-electron chi connectivity index (χ1n) is 7.92. The number of benzene rings is 1. The standard InChI is InChI=1S/C18H15Cl2N3O2/c19-12-3-4-14(20)11(8-12)9-23-6-5-15-13(10-23)18(24)22-17(21-15)16-2-1-7-25-16/h1-4,7-8H,5-6,9-10H2,(H,21,22,24). The molecule has 0 unspecified atom stereocenters. The Balaban J connectivity index is 1.59. The van der Waals surface area contributed by atoms with E-state index in [0.29, 0.717) is 46.7 Å². The second kappa shape index (κ2) is 6.67. The van der Waals surface area contributed by atoms with Gasteiger partial charge in [-0.1, -0.05) is 23.2 Å². The molecule has 0 atom stereocenters. The highest BCUT2D eigenvalue weighted by Gasteiger charge is 2.22. The zero-order valence-corrected chi connectivity index (χ0v) is 14.8. The van der Waals surface area contributed by atoms with Gasteiger partial charge in [0, 0.05) is 36.1 Å². The van der Waals surface area contributed by atoms with E-state index in [4.69, 9.17) is 27.6 Å². The smallest absolute Gasteiger partial charge is 0.256 e. The summed E-state index contributed by atoms with van der Waals surface area (Å²) in [6.45, 7) is 1.96. The van der Waals surface area contributed by atoms with Crippen LogP contribution in [-0.2, 0) is 19.5 Å². The van der Waals surface area contributed by atoms with Crippen molar-refractivity contribution in [1.82, 2.24) is 14.9 Å². The predicted octanol–water partition coefficient (Wildman–Crippen LogP) is 3.90. The molecule has 1 aliphatic heterocycles. The Morgan fingerprint density at radius 3 is 2.96 bits per heavy atom. The highest BCUT2D eigenvalue weighted by Crippen LogP contribution is 2.25. The SMILES string of the molecule is O=c1[nH]c(-c2ccco2)nc2c1CN(Cc1cc(Cl)ccc1Cl)CC2. The monoisotopic (exact) mass is 375 g/mol. The largest absolute Gasteiger partial charge is 0.461 e. The van der Waals surface area contributed by atoms with Gasteiger partial charge in [0.2, 0.25) is 0 Å². The third kappa shape index (κ3) is 3.35. The topological polar surface area (TPSA) is 62.1 Å². The Bertz CT molecular complexity index is 967. The van der Waals surface area contributed by atoms with Crippen molar-refractivity contribution >= 4 is 23.2 Å². The average Bonchev–Trinajstić information content (AvgIpc) is 3.13. The summed E-state index contributed by atoms with van der Waals surface area (Å²) < 4.78 is 5.32. The number of hydrogen-bond donors (Lipinski definition) is 1. The molecule has 1 aromatic carbocycles.